The second kappa shape index (κ2) is 6.36. The standard InChI is InChI=1S/C15H18NO3/c1-12(17)14-7-9-16(10-8-14)15(18)19-11-13-5-3-2-4-6-13/h2-6,14H,1,7-11H2. The van der Waals surface area contributed by atoms with Crippen LogP contribution < -0.4 is 0 Å². The first-order valence-electron chi connectivity index (χ1n) is 6.48. The van der Waals surface area contributed by atoms with Crippen LogP contribution in [0.1, 0.15) is 18.4 Å². The van der Waals surface area contributed by atoms with E-state index in [1.807, 2.05) is 30.3 Å². The van der Waals surface area contributed by atoms with Gasteiger partial charge in [0.15, 0.2) is 0 Å². The molecule has 1 aliphatic heterocycles. The summed E-state index contributed by atoms with van der Waals surface area (Å²) in [5.74, 6) is -0.0320. The third kappa shape index (κ3) is 3.81. The van der Waals surface area contributed by atoms with Gasteiger partial charge in [-0.2, -0.15) is 0 Å². The van der Waals surface area contributed by atoms with Gasteiger partial charge < -0.3 is 9.64 Å². The van der Waals surface area contributed by atoms with Gasteiger partial charge in [-0.15, -0.1) is 0 Å². The minimum Gasteiger partial charge on any atom is -0.445 e. The van der Waals surface area contributed by atoms with Crippen LogP contribution >= 0.6 is 0 Å². The fourth-order valence-electron chi connectivity index (χ4n) is 2.19. The van der Waals surface area contributed by atoms with Crippen molar-refractivity contribution in [1.29, 1.82) is 0 Å². The molecule has 0 unspecified atom stereocenters. The molecule has 1 aliphatic rings. The predicted octanol–water partition coefficient (Wildman–Crippen LogP) is 2.44. The molecule has 0 spiro atoms. The molecular formula is C15H18NO3. The second-order valence-corrected chi connectivity index (χ2v) is 4.77. The largest absolute Gasteiger partial charge is 0.445 e. The van der Waals surface area contributed by atoms with Gasteiger partial charge in [0.05, 0.1) is 0 Å². The molecule has 4 nitrogen and oxygen atoms in total. The number of carbonyl (C=O) groups excluding carboxylic acids is 2. The minimum atomic E-state index is -0.307. The highest BCUT2D eigenvalue weighted by Crippen LogP contribution is 2.18. The molecule has 1 aromatic carbocycles. The Labute approximate surface area is 113 Å². The first kappa shape index (κ1) is 13.6. The van der Waals surface area contributed by atoms with Crippen LogP contribution in [0.2, 0.25) is 0 Å². The van der Waals surface area contributed by atoms with Crippen LogP contribution in [-0.4, -0.2) is 29.9 Å². The Balaban J connectivity index is 1.77. The number of Topliss-reactive ketones (excluding diaryl/α,β-unsaturated/α-hetero) is 1. The quantitative estimate of drug-likeness (QED) is 0.838. The summed E-state index contributed by atoms with van der Waals surface area (Å²) < 4.78 is 5.25. The van der Waals surface area contributed by atoms with Crippen LogP contribution in [-0.2, 0) is 16.1 Å². The van der Waals surface area contributed by atoms with Gasteiger partial charge in [-0.3, -0.25) is 4.79 Å². The third-order valence-electron chi connectivity index (χ3n) is 3.41. The Morgan fingerprint density at radius 2 is 1.84 bits per heavy atom. The molecule has 101 valence electrons. The number of benzene rings is 1. The highest BCUT2D eigenvalue weighted by molar-refractivity contribution is 5.85. The lowest BCUT2D eigenvalue weighted by atomic mass is 9.94. The topological polar surface area (TPSA) is 46.6 Å². The summed E-state index contributed by atoms with van der Waals surface area (Å²) in [6.45, 7) is 4.86. The number of likely N-dealkylation sites (tertiary alicyclic amines) is 1. The molecule has 1 aromatic rings. The average Bonchev–Trinajstić information content (AvgIpc) is 2.46. The maximum Gasteiger partial charge on any atom is 0.410 e. The Morgan fingerprint density at radius 1 is 1.21 bits per heavy atom. The number of amides is 1. The summed E-state index contributed by atoms with van der Waals surface area (Å²) in [5.41, 5.74) is 0.971. The smallest absolute Gasteiger partial charge is 0.410 e. The van der Waals surface area contributed by atoms with Crippen molar-refractivity contribution in [3.8, 4) is 0 Å². The van der Waals surface area contributed by atoms with Crippen LogP contribution in [0.5, 0.6) is 0 Å². The van der Waals surface area contributed by atoms with Gasteiger partial charge in [-0.1, -0.05) is 30.3 Å². The van der Waals surface area contributed by atoms with Crippen LogP contribution in [0.15, 0.2) is 30.3 Å². The molecule has 1 fully saturated rings. The van der Waals surface area contributed by atoms with Crippen molar-refractivity contribution in [3.05, 3.63) is 42.8 Å². The van der Waals surface area contributed by atoms with Gasteiger partial charge in [0.25, 0.3) is 0 Å². The van der Waals surface area contributed by atoms with E-state index >= 15 is 0 Å². The molecule has 1 radical (unpaired) electrons. The zero-order valence-corrected chi connectivity index (χ0v) is 10.9. The van der Waals surface area contributed by atoms with Crippen LogP contribution in [0.4, 0.5) is 4.79 Å². The zero-order valence-electron chi connectivity index (χ0n) is 10.9. The van der Waals surface area contributed by atoms with Crippen LogP contribution in [0.25, 0.3) is 0 Å². The Kier molecular flexibility index (Phi) is 4.55. The van der Waals surface area contributed by atoms with E-state index in [9.17, 15) is 9.59 Å². The number of ether oxygens (including phenoxy) is 1. The number of piperidine rings is 1. The van der Waals surface area contributed by atoms with E-state index < -0.39 is 0 Å². The summed E-state index contributed by atoms with van der Waals surface area (Å²) in [6, 6.07) is 9.58. The number of carbonyl (C=O) groups is 2. The summed E-state index contributed by atoms with van der Waals surface area (Å²) in [6.07, 6.45) is 1.06. The van der Waals surface area contributed by atoms with E-state index in [0.717, 1.165) is 5.56 Å². The highest BCUT2D eigenvalue weighted by atomic mass is 16.6. The van der Waals surface area contributed by atoms with Crippen molar-refractivity contribution in [1.82, 2.24) is 4.90 Å². The molecule has 1 saturated heterocycles. The summed E-state index contributed by atoms with van der Waals surface area (Å²) >= 11 is 0. The molecule has 19 heavy (non-hydrogen) atoms. The molecule has 2 rings (SSSR count). The van der Waals surface area contributed by atoms with E-state index in [1.54, 1.807) is 4.90 Å². The van der Waals surface area contributed by atoms with E-state index in [0.29, 0.717) is 25.9 Å². The number of rotatable bonds is 3. The summed E-state index contributed by atoms with van der Waals surface area (Å²) in [5, 5.41) is 0. The summed E-state index contributed by atoms with van der Waals surface area (Å²) in [4.78, 5) is 24.6. The number of ketones is 1. The van der Waals surface area contributed by atoms with Gasteiger partial charge >= 0.3 is 6.09 Å². The van der Waals surface area contributed by atoms with Crippen molar-refractivity contribution in [2.24, 2.45) is 5.92 Å². The van der Waals surface area contributed by atoms with Crippen LogP contribution in [0.3, 0.4) is 0 Å². The molecule has 0 aromatic heterocycles. The number of hydrogen-bond acceptors (Lipinski definition) is 3. The Morgan fingerprint density at radius 3 is 2.42 bits per heavy atom. The maximum absolute atomic E-state index is 11.9. The minimum absolute atomic E-state index is 0.00169. The van der Waals surface area contributed by atoms with E-state index in [2.05, 4.69) is 6.92 Å². The third-order valence-corrected chi connectivity index (χ3v) is 3.41. The molecule has 0 N–H and O–H groups in total. The van der Waals surface area contributed by atoms with Crippen molar-refractivity contribution in [2.75, 3.05) is 13.1 Å². The highest BCUT2D eigenvalue weighted by Gasteiger charge is 2.25. The normalized spacial score (nSPS) is 16.2. The molecular weight excluding hydrogens is 242 g/mol. The van der Waals surface area contributed by atoms with E-state index in [4.69, 9.17) is 4.74 Å². The van der Waals surface area contributed by atoms with Crippen LogP contribution in [0, 0.1) is 12.8 Å². The number of nitrogens with zero attached hydrogens (tertiary/aromatic N) is 1. The lowest BCUT2D eigenvalue weighted by Gasteiger charge is -2.30. The maximum atomic E-state index is 11.9. The predicted molar refractivity (Wildman–Crippen MR) is 71.3 cm³/mol. The van der Waals surface area contributed by atoms with E-state index in [-0.39, 0.29) is 24.4 Å². The molecule has 1 heterocycles. The lowest BCUT2D eigenvalue weighted by Crippen LogP contribution is -2.40. The molecule has 0 atom stereocenters. The lowest BCUT2D eigenvalue weighted by molar-refractivity contribution is -0.119. The van der Waals surface area contributed by atoms with Gasteiger partial charge in [-0.05, 0) is 18.4 Å². The molecule has 0 bridgehead atoms. The first-order chi connectivity index (χ1) is 9.16. The van der Waals surface area contributed by atoms with E-state index in [1.165, 1.54) is 0 Å². The van der Waals surface area contributed by atoms with Gasteiger partial charge in [0.2, 0.25) is 0 Å². The fourth-order valence-corrected chi connectivity index (χ4v) is 2.19. The van der Waals surface area contributed by atoms with Crippen molar-refractivity contribution in [3.63, 3.8) is 0 Å². The van der Waals surface area contributed by atoms with Crippen molar-refractivity contribution < 1.29 is 14.3 Å². The average molecular weight is 260 g/mol. The van der Waals surface area contributed by atoms with Gasteiger partial charge in [-0.25, -0.2) is 4.79 Å². The molecule has 1 amide bonds. The fraction of sp³-hybridized carbons (Fsp3) is 0.400. The van der Waals surface area contributed by atoms with Gasteiger partial charge in [0.1, 0.15) is 12.4 Å². The monoisotopic (exact) mass is 260 g/mol. The Hall–Kier alpha value is -1.84. The molecule has 4 heteroatoms. The van der Waals surface area contributed by atoms with Crippen molar-refractivity contribution >= 4 is 11.9 Å². The summed E-state index contributed by atoms with van der Waals surface area (Å²) in [7, 11) is 0. The first-order valence-corrected chi connectivity index (χ1v) is 6.48. The van der Waals surface area contributed by atoms with Gasteiger partial charge in [0, 0.05) is 25.9 Å². The Bertz CT molecular complexity index is 436. The zero-order chi connectivity index (χ0) is 13.7. The second-order valence-electron chi connectivity index (χ2n) is 4.77. The SMILES string of the molecule is [CH2]C(=O)C1CCN(C(=O)OCc2ccccc2)CC1. The molecule has 0 aliphatic carbocycles. The number of hydrogen-bond donors (Lipinski definition) is 0. The molecule has 0 saturated carbocycles. The van der Waals surface area contributed by atoms with Crippen molar-refractivity contribution in [2.45, 2.75) is 19.4 Å².